The van der Waals surface area contributed by atoms with Gasteiger partial charge in [0.1, 0.15) is 0 Å². The molecule has 0 aliphatic carbocycles. The molecule has 0 saturated carbocycles. The zero-order chi connectivity index (χ0) is 33.6. The Morgan fingerprint density at radius 2 is 1.75 bits per heavy atom. The molecule has 2 aliphatic rings. The van der Waals surface area contributed by atoms with Crippen molar-refractivity contribution in [2.45, 2.75) is 44.5 Å². The molecule has 3 N–H and O–H groups in total. The number of hydrogen-bond donors (Lipinski definition) is 3. The molecule has 9 nitrogen and oxygen atoms in total. The van der Waals surface area contributed by atoms with E-state index in [1.54, 1.807) is 53.1 Å². The van der Waals surface area contributed by atoms with Crippen LogP contribution in [0.3, 0.4) is 0 Å². The summed E-state index contributed by atoms with van der Waals surface area (Å²) in [6, 6.07) is 27.3. The van der Waals surface area contributed by atoms with Crippen LogP contribution in [0.4, 0.5) is 5.69 Å². The minimum atomic E-state index is -1.91. The number of benzene rings is 4. The quantitative estimate of drug-likeness (QED) is 0.197. The summed E-state index contributed by atoms with van der Waals surface area (Å²) in [6.45, 7) is 2.22. The van der Waals surface area contributed by atoms with Gasteiger partial charge in [-0.15, -0.1) is 0 Å². The number of aromatic amines is 1. The van der Waals surface area contributed by atoms with Crippen LogP contribution >= 0.6 is 11.6 Å². The number of aliphatic hydroxyl groups excluding tert-OH is 1. The van der Waals surface area contributed by atoms with Crippen LogP contribution in [-0.2, 0) is 34.7 Å². The van der Waals surface area contributed by atoms with Crippen LogP contribution in [0.2, 0.25) is 5.02 Å². The van der Waals surface area contributed by atoms with E-state index in [1.807, 2.05) is 66.7 Å². The van der Waals surface area contributed by atoms with Gasteiger partial charge in [-0.1, -0.05) is 79.2 Å². The maximum absolute atomic E-state index is 14.1. The van der Waals surface area contributed by atoms with Gasteiger partial charge in [0.25, 0.3) is 11.5 Å². The molecule has 0 bridgehead atoms. The highest BCUT2D eigenvalue weighted by Crippen LogP contribution is 2.46. The number of nitrogens with one attached hydrogen (secondary N) is 1. The number of carbonyl (C=O) groups is 2. The zero-order valence-electron chi connectivity index (χ0n) is 26.3. The Balaban J connectivity index is 1.09. The lowest BCUT2D eigenvalue weighted by Gasteiger charge is -2.36. The van der Waals surface area contributed by atoms with Gasteiger partial charge in [0.2, 0.25) is 5.91 Å². The average Bonchev–Trinajstić information content (AvgIpc) is 3.55. The molecule has 244 valence electrons. The highest BCUT2D eigenvalue weighted by atomic mass is 35.5. The maximum atomic E-state index is 14.1. The summed E-state index contributed by atoms with van der Waals surface area (Å²) >= 11 is 6.36. The Morgan fingerprint density at radius 3 is 2.50 bits per heavy atom. The number of aromatic nitrogens is 2. The van der Waals surface area contributed by atoms with E-state index in [-0.39, 0.29) is 37.1 Å². The topological polar surface area (TPSA) is 119 Å². The van der Waals surface area contributed by atoms with E-state index in [4.69, 9.17) is 11.6 Å². The molecule has 4 aromatic carbocycles. The summed E-state index contributed by atoms with van der Waals surface area (Å²) in [5, 5.41) is 26.2. The normalized spacial score (nSPS) is 19.6. The Labute approximate surface area is 282 Å². The lowest BCUT2D eigenvalue weighted by Crippen LogP contribution is -2.46. The molecule has 3 atom stereocenters. The molecule has 0 saturated heterocycles. The van der Waals surface area contributed by atoms with Gasteiger partial charge in [0.05, 0.1) is 41.5 Å². The smallest absolute Gasteiger partial charge is 0.279 e. The van der Waals surface area contributed by atoms with Gasteiger partial charge in [-0.2, -0.15) is 0 Å². The van der Waals surface area contributed by atoms with Gasteiger partial charge < -0.3 is 20.0 Å². The van der Waals surface area contributed by atoms with Crippen molar-refractivity contribution in [3.05, 3.63) is 141 Å². The summed E-state index contributed by atoms with van der Waals surface area (Å²) in [5.41, 5.74) is 3.29. The number of halogens is 1. The third kappa shape index (κ3) is 5.43. The Hall–Kier alpha value is -4.96. The molecule has 2 amide bonds. The van der Waals surface area contributed by atoms with Crippen LogP contribution < -0.4 is 10.5 Å². The minimum Gasteiger partial charge on any atom is -0.394 e. The molecule has 48 heavy (non-hydrogen) atoms. The standard InChI is InChI=1S/C38H35ClN4O5/c1-24(7-6-12-35(45)41-22-27-9-3-2-8-26(27)19-30(41)23-44)38(48)32-20-28(39)15-18-34(32)42(37(38)47)21-25-13-16-29(17-14-25)43-36(46)31-10-4-5-11-33(31)40-43/h2-11,13-18,20,24,30,40,44,48H,12,19,21-23H2,1H3/b7-6+/t24-,30+,38+/m1/s1. The van der Waals surface area contributed by atoms with Gasteiger partial charge in [-0.25, -0.2) is 4.68 Å². The third-order valence-electron chi connectivity index (χ3n) is 9.62. The number of para-hydroxylation sites is 1. The molecule has 2 aliphatic heterocycles. The van der Waals surface area contributed by atoms with Gasteiger partial charge in [-0.05, 0) is 65.6 Å². The van der Waals surface area contributed by atoms with Crippen LogP contribution in [0.1, 0.15) is 35.6 Å². The van der Waals surface area contributed by atoms with E-state index in [2.05, 4.69) is 5.10 Å². The summed E-state index contributed by atoms with van der Waals surface area (Å²) in [6.07, 6.45) is 4.03. The Bertz CT molecular complexity index is 2120. The second-order valence-corrected chi connectivity index (χ2v) is 13.0. The second kappa shape index (κ2) is 12.6. The lowest BCUT2D eigenvalue weighted by molar-refractivity contribution is -0.139. The van der Waals surface area contributed by atoms with Crippen LogP contribution in [0.25, 0.3) is 16.6 Å². The monoisotopic (exact) mass is 662 g/mol. The first-order chi connectivity index (χ1) is 23.2. The number of hydrogen-bond acceptors (Lipinski definition) is 5. The molecular weight excluding hydrogens is 628 g/mol. The van der Waals surface area contributed by atoms with Gasteiger partial charge in [0, 0.05) is 29.5 Å². The van der Waals surface area contributed by atoms with E-state index in [1.165, 1.54) is 4.68 Å². The number of nitrogens with zero attached hydrogens (tertiary/aromatic N) is 3. The molecule has 3 heterocycles. The average molecular weight is 663 g/mol. The fourth-order valence-electron chi connectivity index (χ4n) is 6.92. The van der Waals surface area contributed by atoms with E-state index in [0.29, 0.717) is 40.3 Å². The predicted octanol–water partition coefficient (Wildman–Crippen LogP) is 5.23. The Kier molecular flexibility index (Phi) is 8.29. The molecule has 10 heteroatoms. The van der Waals surface area contributed by atoms with Crippen LogP contribution in [0.5, 0.6) is 0 Å². The summed E-state index contributed by atoms with van der Waals surface area (Å²) in [7, 11) is 0. The van der Waals surface area contributed by atoms with Crippen molar-refractivity contribution in [1.82, 2.24) is 14.7 Å². The largest absolute Gasteiger partial charge is 0.394 e. The van der Waals surface area contributed by atoms with Gasteiger partial charge in [-0.3, -0.25) is 19.5 Å². The van der Waals surface area contributed by atoms with E-state index >= 15 is 0 Å². The molecule has 0 unspecified atom stereocenters. The van der Waals surface area contributed by atoms with Crippen LogP contribution in [-0.4, -0.2) is 49.4 Å². The van der Waals surface area contributed by atoms with Crippen molar-refractivity contribution in [2.75, 3.05) is 11.5 Å². The number of fused-ring (bicyclic) bond motifs is 3. The summed E-state index contributed by atoms with van der Waals surface area (Å²) in [5.74, 6) is -1.32. The molecule has 5 aromatic rings. The number of H-pyrrole nitrogens is 1. The van der Waals surface area contributed by atoms with Crippen LogP contribution in [0.15, 0.2) is 108 Å². The second-order valence-electron chi connectivity index (χ2n) is 12.5. The molecular formula is C38H35ClN4O5. The Morgan fingerprint density at radius 1 is 1.02 bits per heavy atom. The highest BCUT2D eigenvalue weighted by molar-refractivity contribution is 6.31. The van der Waals surface area contributed by atoms with Gasteiger partial charge in [0.15, 0.2) is 5.60 Å². The number of anilines is 1. The van der Waals surface area contributed by atoms with Gasteiger partial charge >= 0.3 is 0 Å². The summed E-state index contributed by atoms with van der Waals surface area (Å²) < 4.78 is 1.48. The van der Waals surface area contributed by atoms with Crippen molar-refractivity contribution in [3.8, 4) is 5.69 Å². The van der Waals surface area contributed by atoms with Crippen molar-refractivity contribution >= 4 is 40.0 Å². The predicted molar refractivity (Wildman–Crippen MR) is 185 cm³/mol. The first-order valence-corrected chi connectivity index (χ1v) is 16.3. The SMILES string of the molecule is C[C@H](/C=C/CC(=O)N1Cc2ccccc2C[C@H]1CO)[C@@]1(O)C(=O)N(Cc2ccc(-n3[nH]c4ccccc4c3=O)cc2)c2ccc(Cl)cc21. The van der Waals surface area contributed by atoms with Crippen molar-refractivity contribution in [1.29, 1.82) is 0 Å². The van der Waals surface area contributed by atoms with Crippen LogP contribution in [0, 0.1) is 5.92 Å². The molecule has 1 aromatic heterocycles. The third-order valence-corrected chi connectivity index (χ3v) is 9.86. The number of rotatable bonds is 8. The first-order valence-electron chi connectivity index (χ1n) is 16.0. The van der Waals surface area contributed by atoms with E-state index in [0.717, 1.165) is 22.2 Å². The number of aliphatic hydroxyl groups is 2. The van der Waals surface area contributed by atoms with Crippen molar-refractivity contribution in [3.63, 3.8) is 0 Å². The van der Waals surface area contributed by atoms with Crippen molar-refractivity contribution in [2.24, 2.45) is 5.92 Å². The minimum absolute atomic E-state index is 0.0607. The lowest BCUT2D eigenvalue weighted by atomic mass is 9.83. The number of carbonyl (C=O) groups excluding carboxylic acids is 2. The van der Waals surface area contributed by atoms with Crippen molar-refractivity contribution < 1.29 is 19.8 Å². The first kappa shape index (κ1) is 31.6. The van der Waals surface area contributed by atoms with E-state index < -0.39 is 17.4 Å². The summed E-state index contributed by atoms with van der Waals surface area (Å²) in [4.78, 5) is 43.5. The molecule has 0 spiro atoms. The highest BCUT2D eigenvalue weighted by Gasteiger charge is 2.52. The molecule has 7 rings (SSSR count). The number of amides is 2. The fraction of sp³-hybridized carbons (Fsp3) is 0.237. The molecule has 0 fully saturated rings. The molecule has 0 radical (unpaired) electrons. The van der Waals surface area contributed by atoms with E-state index in [9.17, 15) is 24.6 Å². The maximum Gasteiger partial charge on any atom is 0.279 e. The zero-order valence-corrected chi connectivity index (χ0v) is 27.1. The fourth-order valence-corrected chi connectivity index (χ4v) is 7.09.